The fourth-order valence-electron chi connectivity index (χ4n) is 5.42. The molecule has 0 radical (unpaired) electrons. The molecule has 250 valence electrons. The molecule has 5 rings (SSSR count). The number of fused-ring (bicyclic) bond motifs is 1. The number of hydrogen-bond donors (Lipinski definition) is 3. The largest absolute Gasteiger partial charge is 0.540 e. The first-order chi connectivity index (χ1) is 22.1. The summed E-state index contributed by atoms with van der Waals surface area (Å²) in [6.07, 6.45) is -3.48. The van der Waals surface area contributed by atoms with Crippen LogP contribution in [0.5, 0.6) is 5.75 Å². The van der Waals surface area contributed by atoms with Crippen LogP contribution in [-0.4, -0.2) is 41.8 Å². The number of benzene rings is 3. The summed E-state index contributed by atoms with van der Waals surface area (Å²) < 4.78 is 90.0. The Morgan fingerprint density at radius 3 is 2.21 bits per heavy atom. The Labute approximate surface area is 264 Å². The van der Waals surface area contributed by atoms with Crippen LogP contribution < -0.4 is 20.3 Å². The van der Waals surface area contributed by atoms with Gasteiger partial charge in [0.15, 0.2) is 0 Å². The maximum absolute atomic E-state index is 14.3. The molecule has 3 aromatic carbocycles. The maximum atomic E-state index is 14.3. The Hall–Kier alpha value is -4.79. The summed E-state index contributed by atoms with van der Waals surface area (Å²) in [6.45, 7) is -1.52. The van der Waals surface area contributed by atoms with Gasteiger partial charge in [-0.15, -0.1) is 8.78 Å². The van der Waals surface area contributed by atoms with Crippen molar-refractivity contribution in [1.29, 1.82) is 0 Å². The van der Waals surface area contributed by atoms with Crippen molar-refractivity contribution in [2.24, 2.45) is 0 Å². The molecule has 2 aliphatic rings. The number of carbonyl (C=O) groups is 3. The first kappa shape index (κ1) is 33.6. The lowest BCUT2D eigenvalue weighted by Crippen LogP contribution is -2.42. The van der Waals surface area contributed by atoms with E-state index in [2.05, 4.69) is 14.8 Å². The zero-order valence-corrected chi connectivity index (χ0v) is 24.6. The summed E-state index contributed by atoms with van der Waals surface area (Å²) in [5, 5.41) is 12.9. The van der Waals surface area contributed by atoms with Gasteiger partial charge in [0.1, 0.15) is 5.75 Å². The monoisotopic (exact) mass is 665 g/mol. The van der Waals surface area contributed by atoms with Crippen LogP contribution in [0, 0.1) is 0 Å². The summed E-state index contributed by atoms with van der Waals surface area (Å²) in [5.41, 5.74) is 0.776. The number of rotatable bonds is 9. The Balaban J connectivity index is 1.37. The lowest BCUT2D eigenvalue weighted by atomic mass is 9.84. The lowest BCUT2D eigenvalue weighted by molar-refractivity contribution is -0.461. The van der Waals surface area contributed by atoms with E-state index in [1.165, 1.54) is 35.6 Å². The van der Waals surface area contributed by atoms with Crippen molar-refractivity contribution >= 4 is 29.3 Å². The number of carboxylic acid groups (broad SMARTS) is 1. The van der Waals surface area contributed by atoms with Crippen molar-refractivity contribution < 1.29 is 55.3 Å². The Kier molecular flexibility index (Phi) is 9.39. The quantitative estimate of drug-likeness (QED) is 0.205. The van der Waals surface area contributed by atoms with Gasteiger partial charge in [-0.3, -0.25) is 9.69 Å². The van der Waals surface area contributed by atoms with Crippen molar-refractivity contribution in [2.75, 3.05) is 16.8 Å². The third-order valence-electron chi connectivity index (χ3n) is 7.89. The molecule has 1 aliphatic heterocycles. The number of carboxylic acids is 1. The van der Waals surface area contributed by atoms with Crippen molar-refractivity contribution in [2.45, 2.75) is 62.9 Å². The molecule has 1 saturated carbocycles. The van der Waals surface area contributed by atoms with Crippen LogP contribution in [0.4, 0.5) is 42.5 Å². The molecule has 47 heavy (non-hydrogen) atoms. The number of nitrogens with zero attached hydrogens (tertiary/aromatic N) is 1. The number of halogens is 6. The van der Waals surface area contributed by atoms with Gasteiger partial charge in [-0.05, 0) is 72.4 Å². The van der Waals surface area contributed by atoms with Crippen LogP contribution in [0.3, 0.4) is 0 Å². The molecule has 3 N–H and O–H groups in total. The van der Waals surface area contributed by atoms with Crippen molar-refractivity contribution in [3.8, 4) is 5.75 Å². The van der Waals surface area contributed by atoms with Crippen LogP contribution in [-0.2, 0) is 22.2 Å². The third kappa shape index (κ3) is 7.96. The molecule has 0 spiro atoms. The second-order valence-corrected chi connectivity index (χ2v) is 11.2. The van der Waals surface area contributed by atoms with Gasteiger partial charge in [-0.1, -0.05) is 43.5 Å². The first-order valence-corrected chi connectivity index (χ1v) is 14.6. The highest BCUT2D eigenvalue weighted by Gasteiger charge is 2.54. The van der Waals surface area contributed by atoms with E-state index in [1.807, 2.05) is 17.4 Å². The van der Waals surface area contributed by atoms with Crippen molar-refractivity contribution in [1.82, 2.24) is 5.32 Å². The minimum atomic E-state index is -4.55. The Morgan fingerprint density at radius 2 is 1.57 bits per heavy atom. The van der Waals surface area contributed by atoms with Gasteiger partial charge in [-0.2, -0.15) is 17.6 Å². The molecular formula is C32H29F6N3O6. The second-order valence-electron chi connectivity index (χ2n) is 11.2. The average Bonchev–Trinajstić information content (AvgIpc) is 3.03. The van der Waals surface area contributed by atoms with Gasteiger partial charge in [0, 0.05) is 16.9 Å². The van der Waals surface area contributed by atoms with Crippen LogP contribution in [0.15, 0.2) is 66.7 Å². The number of amides is 3. The van der Waals surface area contributed by atoms with Crippen LogP contribution in [0.2, 0.25) is 0 Å². The minimum Gasteiger partial charge on any atom is -0.477 e. The third-order valence-corrected chi connectivity index (χ3v) is 7.89. The number of urea groups is 1. The van der Waals surface area contributed by atoms with Crippen LogP contribution in [0.25, 0.3) is 0 Å². The molecule has 0 saturated heterocycles. The van der Waals surface area contributed by atoms with E-state index in [1.54, 1.807) is 12.1 Å². The molecule has 1 heterocycles. The molecule has 0 aromatic heterocycles. The number of anilines is 2. The minimum absolute atomic E-state index is 0.0484. The molecule has 0 bridgehead atoms. The molecule has 1 aliphatic carbocycles. The first-order valence-electron chi connectivity index (χ1n) is 14.6. The number of aliphatic carboxylic acids is 1. The number of nitrogens with one attached hydrogen (secondary N) is 2. The smallest absolute Gasteiger partial charge is 0.477 e. The van der Waals surface area contributed by atoms with Gasteiger partial charge in [0.25, 0.3) is 5.91 Å². The SMILES string of the molecule is O=C(NCC(F)(F)C(=O)O)c1ccc(CN(C(=O)Nc2ccc3c(c2)C(F)(F)OC(F)(F)O3)c2ccc(C3CCCCC3)cc2)cc1. The summed E-state index contributed by atoms with van der Waals surface area (Å²) in [7, 11) is 0. The topological polar surface area (TPSA) is 117 Å². The number of ether oxygens (including phenoxy) is 2. The van der Waals surface area contributed by atoms with Crippen LogP contribution in [0.1, 0.15) is 65.1 Å². The zero-order chi connectivity index (χ0) is 34.0. The van der Waals surface area contributed by atoms with Gasteiger partial charge in [-0.25, -0.2) is 14.3 Å². The standard InChI is InChI=1S/C32H29F6N3O6/c33-30(34,28(43)44)18-39-27(42)22-8-6-19(7-9-22)17-41(24-13-10-21(11-14-24)20-4-2-1-3-5-20)29(45)40-23-12-15-26-25(16-23)31(35,36)47-32(37,38)46-26/h6-16,20H,1-5,17-18H2,(H,39,42)(H,40,45)(H,43,44). The van der Waals surface area contributed by atoms with E-state index in [4.69, 9.17) is 5.11 Å². The average molecular weight is 666 g/mol. The van der Waals surface area contributed by atoms with Crippen molar-refractivity contribution in [3.05, 3.63) is 89.0 Å². The highest BCUT2D eigenvalue weighted by molar-refractivity contribution is 6.02. The molecular weight excluding hydrogens is 636 g/mol. The van der Waals surface area contributed by atoms with E-state index in [9.17, 15) is 40.7 Å². The van der Waals surface area contributed by atoms with Gasteiger partial charge in [0.05, 0.1) is 18.7 Å². The highest BCUT2D eigenvalue weighted by atomic mass is 19.3. The van der Waals surface area contributed by atoms with Gasteiger partial charge >= 0.3 is 30.3 Å². The normalized spacial score (nSPS) is 17.1. The molecule has 3 amide bonds. The predicted octanol–water partition coefficient (Wildman–Crippen LogP) is 7.43. The Morgan fingerprint density at radius 1 is 0.915 bits per heavy atom. The molecule has 15 heteroatoms. The maximum Gasteiger partial charge on any atom is 0.540 e. The zero-order valence-electron chi connectivity index (χ0n) is 24.6. The summed E-state index contributed by atoms with van der Waals surface area (Å²) in [4.78, 5) is 37.8. The second kappa shape index (κ2) is 13.1. The van der Waals surface area contributed by atoms with Gasteiger partial charge < -0.3 is 20.5 Å². The summed E-state index contributed by atoms with van der Waals surface area (Å²) in [5.74, 6) is -7.93. The molecule has 0 unspecified atom stereocenters. The predicted molar refractivity (Wildman–Crippen MR) is 156 cm³/mol. The number of alkyl halides is 6. The molecule has 0 atom stereocenters. The van der Waals surface area contributed by atoms with E-state index in [-0.39, 0.29) is 17.8 Å². The van der Waals surface area contributed by atoms with E-state index >= 15 is 0 Å². The number of hydrogen-bond acceptors (Lipinski definition) is 5. The van der Waals surface area contributed by atoms with Crippen LogP contribution >= 0.6 is 0 Å². The fourth-order valence-corrected chi connectivity index (χ4v) is 5.42. The van der Waals surface area contributed by atoms with E-state index in [0.29, 0.717) is 17.2 Å². The molecule has 9 nitrogen and oxygen atoms in total. The summed E-state index contributed by atoms with van der Waals surface area (Å²) in [6, 6.07) is 14.7. The van der Waals surface area contributed by atoms with Gasteiger partial charge in [0.2, 0.25) is 0 Å². The fraction of sp³-hybridized carbons (Fsp3) is 0.344. The van der Waals surface area contributed by atoms with Crippen molar-refractivity contribution in [3.63, 3.8) is 0 Å². The highest BCUT2D eigenvalue weighted by Crippen LogP contribution is 2.47. The van der Waals surface area contributed by atoms with E-state index in [0.717, 1.165) is 49.4 Å². The summed E-state index contributed by atoms with van der Waals surface area (Å²) >= 11 is 0. The lowest BCUT2D eigenvalue weighted by Gasteiger charge is -2.31. The van der Waals surface area contributed by atoms with E-state index < -0.39 is 54.1 Å². The molecule has 3 aromatic rings. The number of carbonyl (C=O) groups excluding carboxylic acids is 2. The molecule has 1 fully saturated rings. The Bertz CT molecular complexity index is 1630.